The summed E-state index contributed by atoms with van der Waals surface area (Å²) in [7, 11) is 0. The Hall–Kier alpha value is -2.41. The zero-order valence-corrected chi connectivity index (χ0v) is 18.0. The van der Waals surface area contributed by atoms with Gasteiger partial charge < -0.3 is 15.6 Å². The molecule has 1 fully saturated rings. The number of halogens is 1. The number of nitrogens with zero attached hydrogens (tertiary/aromatic N) is 3. The maximum Gasteiger partial charge on any atom is 0.233 e. The van der Waals surface area contributed by atoms with Gasteiger partial charge in [0.05, 0.1) is 0 Å². The topological polar surface area (TPSA) is 78.5 Å². The lowest BCUT2D eigenvalue weighted by Gasteiger charge is -2.11. The first-order valence-corrected chi connectivity index (χ1v) is 10.6. The minimum absolute atomic E-state index is 0.198. The molecule has 2 heterocycles. The Balaban J connectivity index is 1.62. The highest BCUT2D eigenvalue weighted by molar-refractivity contribution is 9.10. The van der Waals surface area contributed by atoms with Gasteiger partial charge in [-0.05, 0) is 55.0 Å². The average Bonchev–Trinajstić information content (AvgIpc) is 3.42. The van der Waals surface area contributed by atoms with Crippen LogP contribution in [0, 0.1) is 0 Å². The maximum absolute atomic E-state index is 4.61. The molecule has 7 heteroatoms. The van der Waals surface area contributed by atoms with E-state index in [1.165, 1.54) is 24.1 Å². The Morgan fingerprint density at radius 3 is 2.50 bits per heavy atom. The molecule has 6 nitrogen and oxygen atoms in total. The highest BCUT2D eigenvalue weighted by Gasteiger charge is 2.27. The van der Waals surface area contributed by atoms with Gasteiger partial charge in [-0.2, -0.15) is 15.0 Å². The fraction of sp³-hybridized carbons (Fsp3) is 0.381. The minimum atomic E-state index is 0.198. The Kier molecular flexibility index (Phi) is 5.35. The van der Waals surface area contributed by atoms with Crippen molar-refractivity contribution in [3.05, 3.63) is 51.9 Å². The number of aromatic nitrogens is 4. The molecule has 2 aromatic heterocycles. The fourth-order valence-corrected chi connectivity index (χ4v) is 3.61. The van der Waals surface area contributed by atoms with E-state index in [0.717, 1.165) is 28.2 Å². The largest absolute Gasteiger partial charge is 0.345 e. The molecule has 3 N–H and O–H groups in total. The third-order valence-electron chi connectivity index (χ3n) is 4.80. The number of aromatic amines is 1. The summed E-state index contributed by atoms with van der Waals surface area (Å²) < 4.78 is 1.00. The molecular weight excluding hydrogens is 416 g/mol. The van der Waals surface area contributed by atoms with Gasteiger partial charge in [-0.3, -0.25) is 0 Å². The van der Waals surface area contributed by atoms with Crippen molar-refractivity contribution in [1.82, 2.24) is 19.9 Å². The molecule has 0 amide bonds. The van der Waals surface area contributed by atoms with Crippen LogP contribution in [-0.4, -0.2) is 19.9 Å². The summed E-state index contributed by atoms with van der Waals surface area (Å²) in [6.45, 7) is 6.34. The van der Waals surface area contributed by atoms with E-state index in [0.29, 0.717) is 17.8 Å². The van der Waals surface area contributed by atoms with Gasteiger partial charge in [-0.25, -0.2) is 0 Å². The predicted molar refractivity (Wildman–Crippen MR) is 117 cm³/mol. The van der Waals surface area contributed by atoms with Crippen LogP contribution in [0.3, 0.4) is 0 Å². The molecule has 28 heavy (non-hydrogen) atoms. The van der Waals surface area contributed by atoms with E-state index >= 15 is 0 Å². The van der Waals surface area contributed by atoms with Gasteiger partial charge in [0.25, 0.3) is 0 Å². The quantitative estimate of drug-likeness (QED) is 0.418. The first-order chi connectivity index (χ1) is 13.5. The number of hydrogen-bond acceptors (Lipinski definition) is 5. The van der Waals surface area contributed by atoms with Crippen LogP contribution in [0.25, 0.3) is 0 Å². The first kappa shape index (κ1) is 18.9. The standard InChI is InChI=1S/C21H25BrN6/c1-4-17-16(13-8-9-13)11-18(24-17)25-21-27-19(12(2)3)26-20(28-21)23-15-7-5-6-14(22)10-15/h5-7,10-13,24H,4,8-9H2,1-3H3,(H2,23,25,26,27,28). The van der Waals surface area contributed by atoms with Crippen molar-refractivity contribution in [1.29, 1.82) is 0 Å². The van der Waals surface area contributed by atoms with E-state index < -0.39 is 0 Å². The van der Waals surface area contributed by atoms with Crippen LogP contribution in [0.2, 0.25) is 0 Å². The van der Waals surface area contributed by atoms with Crippen molar-refractivity contribution in [2.75, 3.05) is 10.6 Å². The minimum Gasteiger partial charge on any atom is -0.345 e. The van der Waals surface area contributed by atoms with Crippen LogP contribution in [-0.2, 0) is 6.42 Å². The molecule has 0 saturated heterocycles. The Bertz CT molecular complexity index is 977. The molecule has 0 aliphatic heterocycles. The number of rotatable bonds is 7. The van der Waals surface area contributed by atoms with Crippen LogP contribution in [0.4, 0.5) is 23.4 Å². The van der Waals surface area contributed by atoms with Crippen molar-refractivity contribution in [3.8, 4) is 0 Å². The monoisotopic (exact) mass is 440 g/mol. The maximum atomic E-state index is 4.61. The zero-order valence-electron chi connectivity index (χ0n) is 16.4. The highest BCUT2D eigenvalue weighted by Crippen LogP contribution is 2.43. The van der Waals surface area contributed by atoms with E-state index in [9.17, 15) is 0 Å². The lowest BCUT2D eigenvalue weighted by Crippen LogP contribution is -2.08. The van der Waals surface area contributed by atoms with Gasteiger partial charge in [-0.15, -0.1) is 0 Å². The van der Waals surface area contributed by atoms with Crippen LogP contribution < -0.4 is 10.6 Å². The lowest BCUT2D eigenvalue weighted by atomic mass is 10.1. The van der Waals surface area contributed by atoms with E-state index in [4.69, 9.17) is 0 Å². The summed E-state index contributed by atoms with van der Waals surface area (Å²) in [6.07, 6.45) is 3.57. The van der Waals surface area contributed by atoms with Gasteiger partial charge >= 0.3 is 0 Å². The Morgan fingerprint density at radius 2 is 1.86 bits per heavy atom. The molecule has 0 atom stereocenters. The summed E-state index contributed by atoms with van der Waals surface area (Å²) in [5.41, 5.74) is 3.65. The van der Waals surface area contributed by atoms with E-state index in [2.05, 4.69) is 73.3 Å². The molecule has 1 aliphatic rings. The molecule has 1 saturated carbocycles. The number of aryl methyl sites for hydroxylation is 1. The summed E-state index contributed by atoms with van der Waals surface area (Å²) in [6, 6.07) is 10.1. The molecule has 0 bridgehead atoms. The Morgan fingerprint density at radius 1 is 1.11 bits per heavy atom. The second kappa shape index (κ2) is 7.91. The molecule has 1 aromatic carbocycles. The number of benzene rings is 1. The van der Waals surface area contributed by atoms with E-state index in [1.54, 1.807) is 0 Å². The summed E-state index contributed by atoms with van der Waals surface area (Å²) in [4.78, 5) is 17.3. The van der Waals surface area contributed by atoms with Gasteiger partial charge in [0.2, 0.25) is 11.9 Å². The molecular formula is C21H25BrN6. The predicted octanol–water partition coefficient (Wildman–Crippen LogP) is 6.01. The lowest BCUT2D eigenvalue weighted by molar-refractivity contribution is 0.766. The van der Waals surface area contributed by atoms with Crippen molar-refractivity contribution >= 4 is 39.3 Å². The summed E-state index contributed by atoms with van der Waals surface area (Å²) in [5, 5.41) is 6.63. The average molecular weight is 441 g/mol. The van der Waals surface area contributed by atoms with Crippen molar-refractivity contribution in [2.45, 2.75) is 51.9 Å². The van der Waals surface area contributed by atoms with Gasteiger partial charge in [-0.1, -0.05) is 42.8 Å². The van der Waals surface area contributed by atoms with Crippen LogP contribution in [0.15, 0.2) is 34.8 Å². The van der Waals surface area contributed by atoms with Crippen molar-refractivity contribution in [3.63, 3.8) is 0 Å². The highest BCUT2D eigenvalue weighted by atomic mass is 79.9. The third-order valence-corrected chi connectivity index (χ3v) is 5.29. The normalized spacial score (nSPS) is 13.8. The van der Waals surface area contributed by atoms with Crippen molar-refractivity contribution in [2.24, 2.45) is 0 Å². The zero-order chi connectivity index (χ0) is 19.7. The number of anilines is 4. The summed E-state index contributed by atoms with van der Waals surface area (Å²) >= 11 is 3.49. The summed E-state index contributed by atoms with van der Waals surface area (Å²) in [5.74, 6) is 3.67. The third kappa shape index (κ3) is 4.35. The van der Waals surface area contributed by atoms with Crippen LogP contribution in [0.5, 0.6) is 0 Å². The second-order valence-corrected chi connectivity index (χ2v) is 8.42. The number of H-pyrrole nitrogens is 1. The molecule has 146 valence electrons. The van der Waals surface area contributed by atoms with Crippen molar-refractivity contribution < 1.29 is 0 Å². The SMILES string of the molecule is CCc1[nH]c(Nc2nc(Nc3cccc(Br)c3)nc(C(C)C)n2)cc1C1CC1. The number of hydrogen-bond donors (Lipinski definition) is 3. The molecule has 3 aromatic rings. The van der Waals surface area contributed by atoms with Crippen LogP contribution in [0.1, 0.15) is 62.5 Å². The molecule has 1 aliphatic carbocycles. The van der Waals surface area contributed by atoms with Gasteiger partial charge in [0.1, 0.15) is 11.6 Å². The van der Waals surface area contributed by atoms with Gasteiger partial charge in [0, 0.05) is 21.8 Å². The number of nitrogens with one attached hydrogen (secondary N) is 3. The fourth-order valence-electron chi connectivity index (χ4n) is 3.21. The van der Waals surface area contributed by atoms with E-state index in [1.807, 2.05) is 24.3 Å². The Labute approximate surface area is 173 Å². The molecule has 0 unspecified atom stereocenters. The molecule has 4 rings (SSSR count). The smallest absolute Gasteiger partial charge is 0.233 e. The first-order valence-electron chi connectivity index (χ1n) is 9.79. The molecule has 0 spiro atoms. The van der Waals surface area contributed by atoms with E-state index in [-0.39, 0.29) is 5.92 Å². The second-order valence-electron chi connectivity index (χ2n) is 7.50. The van der Waals surface area contributed by atoms with Crippen LogP contribution >= 0.6 is 15.9 Å². The molecule has 0 radical (unpaired) electrons. The van der Waals surface area contributed by atoms with Gasteiger partial charge in [0.15, 0.2) is 0 Å².